The van der Waals surface area contributed by atoms with Crippen LogP contribution in [0.5, 0.6) is 0 Å². The number of hydrogen-bond acceptors (Lipinski definition) is 6. The molecule has 9 heteroatoms. The normalized spacial score (nSPS) is 30.2. The molecule has 0 saturated carbocycles. The molecule has 1 fully saturated rings. The van der Waals surface area contributed by atoms with Crippen molar-refractivity contribution in [2.75, 3.05) is 6.61 Å². The van der Waals surface area contributed by atoms with E-state index in [2.05, 4.69) is 0 Å². The van der Waals surface area contributed by atoms with E-state index in [0.29, 0.717) is 4.57 Å². The summed E-state index contributed by atoms with van der Waals surface area (Å²) in [4.78, 5) is 24.6. The highest BCUT2D eigenvalue weighted by Gasteiger charge is 2.45. The van der Waals surface area contributed by atoms with Crippen molar-refractivity contribution >= 4 is 0 Å². The van der Waals surface area contributed by atoms with Crippen LogP contribution in [-0.4, -0.2) is 44.8 Å². The van der Waals surface area contributed by atoms with Gasteiger partial charge in [0.05, 0.1) is 6.61 Å². The van der Waals surface area contributed by atoms with Gasteiger partial charge in [0.1, 0.15) is 23.8 Å². The van der Waals surface area contributed by atoms with Crippen molar-refractivity contribution in [1.82, 2.24) is 9.55 Å². The molecule has 1 aromatic rings. The van der Waals surface area contributed by atoms with Crippen LogP contribution < -0.4 is 11.2 Å². The zero-order chi connectivity index (χ0) is 14.2. The van der Waals surface area contributed by atoms with Gasteiger partial charge in [-0.05, 0) is 0 Å². The molecule has 8 nitrogen and oxygen atoms in total. The number of halogens is 1. The first-order chi connectivity index (χ1) is 8.99. The van der Waals surface area contributed by atoms with Gasteiger partial charge < -0.3 is 14.9 Å². The molecule has 102 valence electrons. The maximum atomic E-state index is 13.5. The standard InChI is InChI=1S/C10H10FN3O5/c11-6-5(3-15)19-9(7(6)16)14-2-4(1-12)8(17)13-10(14)18/h2,5-7,9,15-16H,3H2,(H,13,17,18)/t5-,6-,7-,9-/m0/s1. The van der Waals surface area contributed by atoms with Gasteiger partial charge in [0.2, 0.25) is 0 Å². The summed E-state index contributed by atoms with van der Waals surface area (Å²) in [7, 11) is 0. The van der Waals surface area contributed by atoms with E-state index in [9.17, 15) is 19.1 Å². The van der Waals surface area contributed by atoms with Gasteiger partial charge in [-0.2, -0.15) is 5.26 Å². The fourth-order valence-corrected chi connectivity index (χ4v) is 1.84. The molecule has 1 saturated heterocycles. The van der Waals surface area contributed by atoms with Crippen molar-refractivity contribution in [2.45, 2.75) is 24.6 Å². The molecule has 1 aliphatic rings. The quantitative estimate of drug-likeness (QED) is 0.570. The highest BCUT2D eigenvalue weighted by atomic mass is 19.1. The monoisotopic (exact) mass is 271 g/mol. The van der Waals surface area contributed by atoms with Gasteiger partial charge in [-0.3, -0.25) is 14.3 Å². The van der Waals surface area contributed by atoms with Crippen molar-refractivity contribution in [3.63, 3.8) is 0 Å². The number of hydrogen-bond donors (Lipinski definition) is 3. The summed E-state index contributed by atoms with van der Waals surface area (Å²) >= 11 is 0. The fourth-order valence-electron chi connectivity index (χ4n) is 1.84. The molecule has 3 N–H and O–H groups in total. The zero-order valence-corrected chi connectivity index (χ0v) is 9.49. The summed E-state index contributed by atoms with van der Waals surface area (Å²) in [5.74, 6) is 0. The lowest BCUT2D eigenvalue weighted by molar-refractivity contribution is -0.0538. The van der Waals surface area contributed by atoms with Crippen molar-refractivity contribution in [3.05, 3.63) is 32.6 Å². The van der Waals surface area contributed by atoms with Crippen LogP contribution >= 0.6 is 0 Å². The van der Waals surface area contributed by atoms with Crippen LogP contribution in [0.3, 0.4) is 0 Å². The lowest BCUT2D eigenvalue weighted by Gasteiger charge is -2.16. The first-order valence-electron chi connectivity index (χ1n) is 5.33. The Hall–Kier alpha value is -2.02. The molecule has 19 heavy (non-hydrogen) atoms. The molecule has 0 spiro atoms. The topological polar surface area (TPSA) is 128 Å². The number of aliphatic hydroxyl groups excluding tert-OH is 2. The van der Waals surface area contributed by atoms with Gasteiger partial charge in [-0.25, -0.2) is 9.18 Å². The maximum Gasteiger partial charge on any atom is 0.330 e. The Kier molecular flexibility index (Phi) is 3.48. The van der Waals surface area contributed by atoms with Crippen molar-refractivity contribution in [1.29, 1.82) is 5.26 Å². The minimum atomic E-state index is -1.88. The molecular formula is C10H10FN3O5. The van der Waals surface area contributed by atoms with Gasteiger partial charge in [0.15, 0.2) is 12.4 Å². The highest BCUT2D eigenvalue weighted by Crippen LogP contribution is 2.30. The first kappa shape index (κ1) is 13.4. The van der Waals surface area contributed by atoms with Gasteiger partial charge >= 0.3 is 5.69 Å². The van der Waals surface area contributed by atoms with E-state index in [1.54, 1.807) is 6.07 Å². The Morgan fingerprint density at radius 2 is 2.26 bits per heavy atom. The molecule has 0 radical (unpaired) electrons. The van der Waals surface area contributed by atoms with Crippen LogP contribution in [0, 0.1) is 11.3 Å². The average molecular weight is 271 g/mol. The van der Waals surface area contributed by atoms with Crippen LogP contribution in [0.1, 0.15) is 11.8 Å². The zero-order valence-electron chi connectivity index (χ0n) is 9.49. The van der Waals surface area contributed by atoms with Crippen LogP contribution in [0.2, 0.25) is 0 Å². The number of nitrogens with one attached hydrogen (secondary N) is 1. The van der Waals surface area contributed by atoms with Crippen molar-refractivity contribution in [3.8, 4) is 6.07 Å². The van der Waals surface area contributed by atoms with Gasteiger partial charge in [0, 0.05) is 6.20 Å². The largest absolute Gasteiger partial charge is 0.394 e. The molecule has 2 heterocycles. The van der Waals surface area contributed by atoms with Crippen LogP contribution in [0.25, 0.3) is 0 Å². The average Bonchev–Trinajstić information content (AvgIpc) is 2.67. The Balaban J connectivity index is 2.46. The number of alkyl halides is 1. The van der Waals surface area contributed by atoms with Gasteiger partial charge in [0.25, 0.3) is 5.56 Å². The fraction of sp³-hybridized carbons (Fsp3) is 0.500. The molecule has 1 aromatic heterocycles. The second-order valence-electron chi connectivity index (χ2n) is 4.00. The molecule has 0 aromatic carbocycles. The third kappa shape index (κ3) is 2.17. The Labute approximate surface area is 105 Å². The van der Waals surface area contributed by atoms with E-state index in [4.69, 9.17) is 15.1 Å². The van der Waals surface area contributed by atoms with Crippen LogP contribution in [-0.2, 0) is 4.74 Å². The number of H-pyrrole nitrogens is 1. The molecule has 1 aliphatic heterocycles. The van der Waals surface area contributed by atoms with Crippen molar-refractivity contribution in [2.24, 2.45) is 0 Å². The van der Waals surface area contributed by atoms with Gasteiger partial charge in [-0.15, -0.1) is 0 Å². The number of aromatic nitrogens is 2. The second-order valence-corrected chi connectivity index (χ2v) is 4.00. The van der Waals surface area contributed by atoms with Crippen molar-refractivity contribution < 1.29 is 19.3 Å². The number of rotatable bonds is 2. The SMILES string of the molecule is N#Cc1cn([C@H]2O[C@@H](CO)[C@H](F)[C@@H]2O)c(=O)[nH]c1=O. The maximum absolute atomic E-state index is 13.5. The van der Waals surface area contributed by atoms with Gasteiger partial charge in [-0.1, -0.05) is 0 Å². The number of aliphatic hydroxyl groups is 2. The van der Waals surface area contributed by atoms with E-state index in [1.807, 2.05) is 4.98 Å². The predicted molar refractivity (Wildman–Crippen MR) is 57.9 cm³/mol. The third-order valence-corrected chi connectivity index (χ3v) is 2.83. The number of nitrogens with zero attached hydrogens (tertiary/aromatic N) is 2. The third-order valence-electron chi connectivity index (χ3n) is 2.83. The number of aromatic amines is 1. The number of ether oxygens (including phenoxy) is 1. The second kappa shape index (κ2) is 4.93. The lowest BCUT2D eigenvalue weighted by Crippen LogP contribution is -2.37. The van der Waals surface area contributed by atoms with E-state index >= 15 is 0 Å². The van der Waals surface area contributed by atoms with E-state index < -0.39 is 42.5 Å². The molecule has 4 atom stereocenters. The summed E-state index contributed by atoms with van der Waals surface area (Å²) in [6.07, 6.45) is -5.37. The first-order valence-corrected chi connectivity index (χ1v) is 5.33. The predicted octanol–water partition coefficient (Wildman–Crippen LogP) is -2.00. The van der Waals surface area contributed by atoms with E-state index in [1.165, 1.54) is 0 Å². The van der Waals surface area contributed by atoms with Crippen LogP contribution in [0.15, 0.2) is 15.8 Å². The summed E-state index contributed by atoms with van der Waals surface area (Å²) in [5, 5.41) is 27.2. The summed E-state index contributed by atoms with van der Waals surface area (Å²) < 4.78 is 19.2. The Bertz CT molecular complexity index is 633. The molecule has 0 aliphatic carbocycles. The minimum Gasteiger partial charge on any atom is -0.394 e. The number of nitriles is 1. The summed E-state index contributed by atoms with van der Waals surface area (Å²) in [6.45, 7) is -0.669. The molecule has 0 bridgehead atoms. The smallest absolute Gasteiger partial charge is 0.330 e. The lowest BCUT2D eigenvalue weighted by atomic mass is 10.1. The summed E-state index contributed by atoms with van der Waals surface area (Å²) in [5.41, 5.74) is -2.20. The van der Waals surface area contributed by atoms with E-state index in [-0.39, 0.29) is 5.56 Å². The molecular weight excluding hydrogens is 261 g/mol. The molecule has 0 unspecified atom stereocenters. The molecule has 2 rings (SSSR count). The minimum absolute atomic E-state index is 0.377. The Morgan fingerprint density at radius 3 is 2.79 bits per heavy atom. The highest BCUT2D eigenvalue weighted by molar-refractivity contribution is 5.22. The van der Waals surface area contributed by atoms with Crippen LogP contribution in [0.4, 0.5) is 4.39 Å². The summed E-state index contributed by atoms with van der Waals surface area (Å²) in [6, 6.07) is 1.55. The Morgan fingerprint density at radius 1 is 1.58 bits per heavy atom. The molecule has 0 amide bonds. The van der Waals surface area contributed by atoms with E-state index in [0.717, 1.165) is 6.20 Å².